The van der Waals surface area contributed by atoms with Gasteiger partial charge in [0.2, 0.25) is 0 Å². The fourth-order valence-electron chi connectivity index (χ4n) is 4.83. The minimum absolute atomic E-state index is 0.563. The summed E-state index contributed by atoms with van der Waals surface area (Å²) in [5.41, 5.74) is 5.03. The normalized spacial score (nSPS) is 29.9. The highest BCUT2D eigenvalue weighted by Gasteiger charge is 2.51. The molecule has 2 atom stereocenters. The van der Waals surface area contributed by atoms with E-state index in [1.165, 1.54) is 43.7 Å². The Balaban J connectivity index is 1.34. The Kier molecular flexibility index (Phi) is 3.76. The molecule has 1 aliphatic heterocycles. The largest absolute Gasteiger partial charge is 0.369 e. The second-order valence-corrected chi connectivity index (χ2v) is 8.42. The van der Waals surface area contributed by atoms with Crippen molar-refractivity contribution in [1.29, 1.82) is 0 Å². The molecular formula is C21H30N2. The van der Waals surface area contributed by atoms with E-state index in [0.29, 0.717) is 5.41 Å². The van der Waals surface area contributed by atoms with Crippen molar-refractivity contribution in [3.63, 3.8) is 0 Å². The van der Waals surface area contributed by atoms with Crippen LogP contribution >= 0.6 is 0 Å². The molecule has 1 saturated carbocycles. The number of nitrogens with zero attached hydrogens (tertiary/aromatic N) is 2. The van der Waals surface area contributed by atoms with Crippen LogP contribution in [0.25, 0.3) is 0 Å². The van der Waals surface area contributed by atoms with Crippen molar-refractivity contribution < 1.29 is 0 Å². The molecule has 2 bridgehead atoms. The van der Waals surface area contributed by atoms with Crippen LogP contribution in [0.2, 0.25) is 0 Å². The maximum Gasteiger partial charge on any atom is 0.0367 e. The van der Waals surface area contributed by atoms with Crippen LogP contribution in [0.3, 0.4) is 0 Å². The first-order valence-electron chi connectivity index (χ1n) is 9.27. The molecule has 5 rings (SSSR count). The Hall–Kier alpha value is -1.28. The van der Waals surface area contributed by atoms with Crippen molar-refractivity contribution in [2.24, 2.45) is 17.3 Å². The summed E-state index contributed by atoms with van der Waals surface area (Å²) in [4.78, 5) is 5.21. The fraction of sp³-hybridized carbons (Fsp3) is 0.619. The molecule has 1 saturated heterocycles. The van der Waals surface area contributed by atoms with Gasteiger partial charge in [-0.15, -0.1) is 0 Å². The Morgan fingerprint density at radius 1 is 1.04 bits per heavy atom. The number of hydrogen-bond acceptors (Lipinski definition) is 2. The minimum atomic E-state index is 0.563. The number of piperazine rings is 1. The third-order valence-corrected chi connectivity index (χ3v) is 6.76. The van der Waals surface area contributed by atoms with Crippen LogP contribution < -0.4 is 4.90 Å². The second kappa shape index (κ2) is 5.66. The zero-order chi connectivity index (χ0) is 16.0. The maximum atomic E-state index is 2.67. The molecule has 1 aromatic carbocycles. The van der Waals surface area contributed by atoms with Gasteiger partial charge in [0.15, 0.2) is 0 Å². The number of hydrogen-bond donors (Lipinski definition) is 0. The quantitative estimate of drug-likeness (QED) is 0.775. The zero-order valence-corrected chi connectivity index (χ0v) is 14.9. The molecule has 0 aromatic heterocycles. The molecule has 1 aromatic rings. The highest BCUT2D eigenvalue weighted by atomic mass is 15.3. The Bertz CT molecular complexity index is 591. The van der Waals surface area contributed by atoms with Gasteiger partial charge in [0.25, 0.3) is 0 Å². The van der Waals surface area contributed by atoms with Gasteiger partial charge in [-0.25, -0.2) is 0 Å². The first kappa shape index (κ1) is 15.3. The van der Waals surface area contributed by atoms with E-state index in [1.54, 1.807) is 5.57 Å². The van der Waals surface area contributed by atoms with Crippen LogP contribution in [0.5, 0.6) is 0 Å². The molecule has 124 valence electrons. The lowest BCUT2D eigenvalue weighted by Crippen LogP contribution is -2.52. The number of fused-ring (bicyclic) bond motifs is 1. The smallest absolute Gasteiger partial charge is 0.0367 e. The lowest BCUT2D eigenvalue weighted by molar-refractivity contribution is -0.0107. The summed E-state index contributed by atoms with van der Waals surface area (Å²) in [6, 6.07) is 8.99. The monoisotopic (exact) mass is 310 g/mol. The number of allylic oxidation sites excluding steroid dienone is 1. The van der Waals surface area contributed by atoms with Crippen LogP contribution in [-0.2, 0) is 0 Å². The summed E-state index contributed by atoms with van der Waals surface area (Å²) in [6.45, 7) is 13.0. The van der Waals surface area contributed by atoms with Gasteiger partial charge in [0, 0.05) is 38.4 Å². The molecule has 2 nitrogen and oxygen atoms in total. The molecule has 4 aliphatic rings. The summed E-state index contributed by atoms with van der Waals surface area (Å²) in [6.07, 6.45) is 5.33. The van der Waals surface area contributed by atoms with Gasteiger partial charge >= 0.3 is 0 Å². The average molecular weight is 310 g/mol. The maximum absolute atomic E-state index is 2.67. The highest BCUT2D eigenvalue weighted by Crippen LogP contribution is 2.59. The molecule has 0 N–H and O–H groups in total. The van der Waals surface area contributed by atoms with Crippen molar-refractivity contribution in [1.82, 2.24) is 4.90 Å². The highest BCUT2D eigenvalue weighted by molar-refractivity contribution is 5.47. The van der Waals surface area contributed by atoms with Gasteiger partial charge in [0.05, 0.1) is 0 Å². The standard InChI is InChI=1S/C21H30N2/c1-16-4-8-19(9-5-16)23-12-10-22(11-13-23)15-17-6-7-18-14-20(17)21(18,2)3/h4-6,8-9,18,20H,7,10-15H2,1-3H3/t18-,20-/m0/s1. The number of aryl methyl sites for hydroxylation is 1. The fourth-order valence-corrected chi connectivity index (χ4v) is 4.83. The molecule has 2 fully saturated rings. The number of benzene rings is 1. The van der Waals surface area contributed by atoms with Crippen molar-refractivity contribution in [2.75, 3.05) is 37.6 Å². The third-order valence-electron chi connectivity index (χ3n) is 6.76. The summed E-state index contributed by atoms with van der Waals surface area (Å²) >= 11 is 0. The lowest BCUT2D eigenvalue weighted by atomic mass is 9.49. The van der Waals surface area contributed by atoms with Gasteiger partial charge in [-0.3, -0.25) is 4.90 Å². The first-order valence-corrected chi connectivity index (χ1v) is 9.27. The Labute approximate surface area is 141 Å². The molecule has 3 aliphatic carbocycles. The summed E-state index contributed by atoms with van der Waals surface area (Å²) in [5.74, 6) is 1.81. The molecule has 23 heavy (non-hydrogen) atoms. The van der Waals surface area contributed by atoms with Gasteiger partial charge in [-0.2, -0.15) is 0 Å². The molecule has 1 heterocycles. The first-order chi connectivity index (χ1) is 11.0. The van der Waals surface area contributed by atoms with E-state index in [9.17, 15) is 0 Å². The van der Waals surface area contributed by atoms with Gasteiger partial charge in [-0.05, 0) is 49.1 Å². The van der Waals surface area contributed by atoms with Crippen molar-refractivity contribution in [3.8, 4) is 0 Å². The van der Waals surface area contributed by atoms with Crippen LogP contribution in [0.1, 0.15) is 32.3 Å². The lowest BCUT2D eigenvalue weighted by Gasteiger charge is -2.57. The molecule has 0 amide bonds. The van der Waals surface area contributed by atoms with Crippen molar-refractivity contribution in [2.45, 2.75) is 33.6 Å². The average Bonchev–Trinajstić information content (AvgIpc) is 2.56. The summed E-state index contributed by atoms with van der Waals surface area (Å²) < 4.78 is 0. The van der Waals surface area contributed by atoms with Gasteiger partial charge in [-0.1, -0.05) is 43.2 Å². The predicted molar refractivity (Wildman–Crippen MR) is 97.9 cm³/mol. The van der Waals surface area contributed by atoms with E-state index < -0.39 is 0 Å². The summed E-state index contributed by atoms with van der Waals surface area (Å²) in [7, 11) is 0. The number of rotatable bonds is 3. The van der Waals surface area contributed by atoms with Gasteiger partial charge in [0.1, 0.15) is 0 Å². The summed E-state index contributed by atoms with van der Waals surface area (Å²) in [5, 5.41) is 0. The van der Waals surface area contributed by atoms with Crippen molar-refractivity contribution in [3.05, 3.63) is 41.5 Å². The van der Waals surface area contributed by atoms with E-state index in [4.69, 9.17) is 0 Å². The minimum Gasteiger partial charge on any atom is -0.369 e. The SMILES string of the molecule is Cc1ccc(N2CCN(CC3=CC[C@H]4C[C@@H]3C4(C)C)CC2)cc1. The number of anilines is 1. The molecule has 2 heteroatoms. The van der Waals surface area contributed by atoms with E-state index in [-0.39, 0.29) is 0 Å². The Morgan fingerprint density at radius 3 is 2.35 bits per heavy atom. The van der Waals surface area contributed by atoms with Crippen LogP contribution in [0.4, 0.5) is 5.69 Å². The van der Waals surface area contributed by atoms with E-state index in [1.807, 2.05) is 0 Å². The molecular weight excluding hydrogens is 280 g/mol. The van der Waals surface area contributed by atoms with E-state index in [0.717, 1.165) is 24.9 Å². The van der Waals surface area contributed by atoms with Crippen LogP contribution in [-0.4, -0.2) is 37.6 Å². The van der Waals surface area contributed by atoms with Gasteiger partial charge < -0.3 is 4.90 Å². The molecule has 0 radical (unpaired) electrons. The predicted octanol–water partition coefficient (Wildman–Crippen LogP) is 4.11. The van der Waals surface area contributed by atoms with E-state index >= 15 is 0 Å². The van der Waals surface area contributed by atoms with Crippen LogP contribution in [0, 0.1) is 24.2 Å². The molecule has 0 spiro atoms. The third kappa shape index (κ3) is 2.71. The Morgan fingerprint density at radius 2 is 1.74 bits per heavy atom. The van der Waals surface area contributed by atoms with Crippen molar-refractivity contribution >= 4 is 5.69 Å². The zero-order valence-electron chi connectivity index (χ0n) is 14.9. The van der Waals surface area contributed by atoms with E-state index in [2.05, 4.69) is 60.9 Å². The topological polar surface area (TPSA) is 6.48 Å². The van der Waals surface area contributed by atoms with Crippen LogP contribution in [0.15, 0.2) is 35.9 Å². The molecule has 0 unspecified atom stereocenters. The second-order valence-electron chi connectivity index (χ2n) is 8.42.